The van der Waals surface area contributed by atoms with Crippen molar-refractivity contribution in [3.8, 4) is 0 Å². The average Bonchev–Trinajstić information content (AvgIpc) is 2.09. The highest BCUT2D eigenvalue weighted by Gasteiger charge is 2.05. The molecule has 0 radical (unpaired) electrons. The summed E-state index contributed by atoms with van der Waals surface area (Å²) in [5.74, 6) is 5.26. The van der Waals surface area contributed by atoms with Gasteiger partial charge in [-0.05, 0) is 20.3 Å². The Kier molecular flexibility index (Phi) is 7.55. The van der Waals surface area contributed by atoms with Gasteiger partial charge in [-0.15, -0.1) is 0 Å². The number of alkyl halides is 2. The molecule has 0 rings (SSSR count). The molecule has 0 aromatic carbocycles. The van der Waals surface area contributed by atoms with Crippen molar-refractivity contribution < 1.29 is 13.5 Å². The molecular weight excluding hydrogens is 190 g/mol. The predicted octanol–water partition coefficient (Wildman–Crippen LogP) is 1.46. The second-order valence-electron chi connectivity index (χ2n) is 3.27. The molecule has 0 aliphatic rings. The van der Waals surface area contributed by atoms with E-state index in [1.54, 1.807) is 0 Å². The Bertz CT molecular complexity index is 170. The first-order valence-electron chi connectivity index (χ1n) is 4.53. The fourth-order valence-electron chi connectivity index (χ4n) is 1.000. The zero-order chi connectivity index (χ0) is 11.0. The largest absolute Gasteiger partial charge is 0.375 e. The minimum Gasteiger partial charge on any atom is -0.375 e. The number of rotatable bonds is 7. The van der Waals surface area contributed by atoms with Crippen LogP contribution in [0.5, 0.6) is 0 Å². The lowest BCUT2D eigenvalue weighted by molar-refractivity contribution is 0.0154. The first-order valence-corrected chi connectivity index (χ1v) is 4.53. The van der Waals surface area contributed by atoms with Gasteiger partial charge in [-0.1, -0.05) is 11.6 Å². The Labute approximate surface area is 83.3 Å². The zero-order valence-corrected chi connectivity index (χ0v) is 8.59. The summed E-state index contributed by atoms with van der Waals surface area (Å²) in [6.07, 6.45) is 0.128. The summed E-state index contributed by atoms with van der Waals surface area (Å²) >= 11 is 0. The van der Waals surface area contributed by atoms with Gasteiger partial charge in [-0.25, -0.2) is 8.78 Å². The van der Waals surface area contributed by atoms with Crippen LogP contribution >= 0.6 is 0 Å². The first-order chi connectivity index (χ1) is 6.56. The Morgan fingerprint density at radius 2 is 2.14 bits per heavy atom. The van der Waals surface area contributed by atoms with Gasteiger partial charge in [-0.2, -0.15) is 0 Å². The number of nitrogens with two attached hydrogens (primary N) is 1. The summed E-state index contributed by atoms with van der Waals surface area (Å²) < 4.78 is 28.1. The van der Waals surface area contributed by atoms with E-state index in [1.807, 2.05) is 19.9 Å². The van der Waals surface area contributed by atoms with E-state index in [1.165, 1.54) is 0 Å². The number of ether oxygens (including phenoxy) is 1. The van der Waals surface area contributed by atoms with Gasteiger partial charge in [0.25, 0.3) is 6.43 Å². The minimum absolute atomic E-state index is 0.0160. The average molecular weight is 208 g/mol. The van der Waals surface area contributed by atoms with Crippen LogP contribution in [0.15, 0.2) is 11.6 Å². The fourth-order valence-corrected chi connectivity index (χ4v) is 1.000. The smallest absolute Gasteiger partial charge is 0.261 e. The molecule has 0 bridgehead atoms. The third kappa shape index (κ3) is 8.10. The van der Waals surface area contributed by atoms with Crippen LogP contribution in [0.3, 0.4) is 0 Å². The van der Waals surface area contributed by atoms with E-state index in [9.17, 15) is 8.78 Å². The lowest BCUT2D eigenvalue weighted by Gasteiger charge is -2.12. The van der Waals surface area contributed by atoms with Crippen LogP contribution in [0.25, 0.3) is 0 Å². The quantitative estimate of drug-likeness (QED) is 0.288. The Hall–Kier alpha value is -0.520. The van der Waals surface area contributed by atoms with Crippen molar-refractivity contribution in [1.29, 1.82) is 0 Å². The van der Waals surface area contributed by atoms with E-state index in [0.717, 1.165) is 5.57 Å². The molecular formula is C9H18F2N2O. The molecule has 0 aromatic heterocycles. The van der Waals surface area contributed by atoms with Crippen molar-refractivity contribution in [3.05, 3.63) is 11.6 Å². The molecule has 0 amide bonds. The molecule has 0 aromatic rings. The summed E-state index contributed by atoms with van der Waals surface area (Å²) in [6, 6.07) is -0.0160. The SMILES string of the molecule is CC(C)=CC(CCOCC(F)F)NN. The number of hydrogen-bond donors (Lipinski definition) is 2. The van der Waals surface area contributed by atoms with Crippen molar-refractivity contribution in [2.45, 2.75) is 32.7 Å². The van der Waals surface area contributed by atoms with E-state index in [-0.39, 0.29) is 12.6 Å². The molecule has 1 unspecified atom stereocenters. The highest BCUT2D eigenvalue weighted by Crippen LogP contribution is 2.00. The Morgan fingerprint density at radius 3 is 2.57 bits per heavy atom. The molecule has 3 nitrogen and oxygen atoms in total. The fraction of sp³-hybridized carbons (Fsp3) is 0.778. The minimum atomic E-state index is -2.40. The van der Waals surface area contributed by atoms with Crippen molar-refractivity contribution in [2.24, 2.45) is 5.84 Å². The molecule has 5 heteroatoms. The number of hydrogen-bond acceptors (Lipinski definition) is 3. The van der Waals surface area contributed by atoms with Crippen LogP contribution in [-0.2, 0) is 4.74 Å². The van der Waals surface area contributed by atoms with Crippen molar-refractivity contribution in [1.82, 2.24) is 5.43 Å². The van der Waals surface area contributed by atoms with Crippen molar-refractivity contribution >= 4 is 0 Å². The van der Waals surface area contributed by atoms with Crippen molar-refractivity contribution in [2.75, 3.05) is 13.2 Å². The van der Waals surface area contributed by atoms with Gasteiger partial charge in [0, 0.05) is 12.6 Å². The predicted molar refractivity (Wildman–Crippen MR) is 52.0 cm³/mol. The van der Waals surface area contributed by atoms with Crippen LogP contribution in [0.2, 0.25) is 0 Å². The van der Waals surface area contributed by atoms with E-state index >= 15 is 0 Å². The number of allylic oxidation sites excluding steroid dienone is 1. The van der Waals surface area contributed by atoms with E-state index in [2.05, 4.69) is 5.43 Å². The van der Waals surface area contributed by atoms with Crippen LogP contribution in [-0.4, -0.2) is 25.7 Å². The second-order valence-corrected chi connectivity index (χ2v) is 3.27. The maximum absolute atomic E-state index is 11.7. The van der Waals surface area contributed by atoms with Crippen LogP contribution < -0.4 is 11.3 Å². The van der Waals surface area contributed by atoms with Gasteiger partial charge in [0.05, 0.1) is 0 Å². The number of hydrazine groups is 1. The molecule has 1 atom stereocenters. The molecule has 0 aliphatic heterocycles. The molecule has 0 heterocycles. The summed E-state index contributed by atoms with van der Waals surface area (Å²) in [5.41, 5.74) is 3.70. The highest BCUT2D eigenvalue weighted by molar-refractivity contribution is 5.00. The highest BCUT2D eigenvalue weighted by atomic mass is 19.3. The summed E-state index contributed by atoms with van der Waals surface area (Å²) in [6.45, 7) is 3.67. The summed E-state index contributed by atoms with van der Waals surface area (Å²) in [4.78, 5) is 0. The molecule has 14 heavy (non-hydrogen) atoms. The molecule has 0 fully saturated rings. The van der Waals surface area contributed by atoms with Gasteiger partial charge in [0.2, 0.25) is 0 Å². The first kappa shape index (κ1) is 13.5. The molecule has 3 N–H and O–H groups in total. The van der Waals surface area contributed by atoms with Gasteiger partial charge >= 0.3 is 0 Å². The van der Waals surface area contributed by atoms with E-state index in [4.69, 9.17) is 10.6 Å². The van der Waals surface area contributed by atoms with Crippen LogP contribution in [0.4, 0.5) is 8.78 Å². The standard InChI is InChI=1S/C9H18F2N2O/c1-7(2)5-8(13-12)3-4-14-6-9(10)11/h5,8-9,13H,3-4,6,12H2,1-2H3. The monoisotopic (exact) mass is 208 g/mol. The van der Waals surface area contributed by atoms with E-state index < -0.39 is 13.0 Å². The topological polar surface area (TPSA) is 47.3 Å². The summed E-state index contributed by atoms with van der Waals surface area (Å²) in [5, 5.41) is 0. The zero-order valence-electron chi connectivity index (χ0n) is 8.59. The molecule has 0 saturated carbocycles. The van der Waals surface area contributed by atoms with Crippen LogP contribution in [0, 0.1) is 0 Å². The molecule has 0 saturated heterocycles. The van der Waals surface area contributed by atoms with Gasteiger partial charge < -0.3 is 4.74 Å². The lowest BCUT2D eigenvalue weighted by Crippen LogP contribution is -2.34. The third-order valence-corrected chi connectivity index (χ3v) is 1.57. The maximum Gasteiger partial charge on any atom is 0.261 e. The molecule has 0 aliphatic carbocycles. The van der Waals surface area contributed by atoms with Gasteiger partial charge in [-0.3, -0.25) is 11.3 Å². The van der Waals surface area contributed by atoms with E-state index in [0.29, 0.717) is 6.42 Å². The normalized spacial score (nSPS) is 13.0. The molecule has 0 spiro atoms. The van der Waals surface area contributed by atoms with Gasteiger partial charge in [0.15, 0.2) is 0 Å². The van der Waals surface area contributed by atoms with Crippen LogP contribution in [0.1, 0.15) is 20.3 Å². The van der Waals surface area contributed by atoms with Crippen molar-refractivity contribution in [3.63, 3.8) is 0 Å². The number of halogens is 2. The lowest BCUT2D eigenvalue weighted by atomic mass is 10.1. The van der Waals surface area contributed by atoms with Gasteiger partial charge in [0.1, 0.15) is 6.61 Å². The molecule has 84 valence electrons. The third-order valence-electron chi connectivity index (χ3n) is 1.57. The maximum atomic E-state index is 11.7. The number of nitrogens with one attached hydrogen (secondary N) is 1. The second kappa shape index (κ2) is 7.84. The Balaban J connectivity index is 3.58. The Morgan fingerprint density at radius 1 is 1.50 bits per heavy atom. The summed E-state index contributed by atoms with van der Waals surface area (Å²) in [7, 11) is 0.